The van der Waals surface area contributed by atoms with Crippen LogP contribution >= 0.6 is 11.6 Å². The van der Waals surface area contributed by atoms with E-state index in [9.17, 15) is 22.4 Å². The summed E-state index contributed by atoms with van der Waals surface area (Å²) in [6, 6.07) is 13.3. The number of benzene rings is 3. The SMILES string of the molecule is O=C(Oc1cc(OC2CCOCC2)c2c(Nc3ccc(OCc4cccc(F)c4)c(Cl)c3)ncnc2c1)C(F)(F)F. The lowest BCUT2D eigenvalue weighted by molar-refractivity contribution is -0.189. The normalized spacial score (nSPS) is 14.1. The van der Waals surface area contributed by atoms with E-state index in [1.165, 1.54) is 30.6 Å². The average Bonchev–Trinajstić information content (AvgIpc) is 2.93. The topological polar surface area (TPSA) is 91.8 Å². The molecule has 3 aromatic carbocycles. The molecule has 1 aromatic heterocycles. The molecule has 8 nitrogen and oxygen atoms in total. The second-order valence-corrected chi connectivity index (χ2v) is 9.45. The number of hydrogen-bond donors (Lipinski definition) is 1. The predicted molar refractivity (Wildman–Crippen MR) is 141 cm³/mol. The molecule has 0 amide bonds. The van der Waals surface area contributed by atoms with Gasteiger partial charge in [0.15, 0.2) is 0 Å². The maximum absolute atomic E-state index is 13.4. The standard InChI is InChI=1S/C28H22ClF4N3O5/c29-21-11-18(4-5-23(21)39-14-16-2-1-3-17(30)10-16)36-26-25-22(34-15-35-26)12-20(41-27(37)28(31,32)33)13-24(25)40-19-6-8-38-9-7-19/h1-5,10-13,15,19H,6-9,14H2,(H,34,35,36). The highest BCUT2D eigenvalue weighted by Crippen LogP contribution is 2.38. The van der Waals surface area contributed by atoms with Crippen LogP contribution < -0.4 is 19.5 Å². The van der Waals surface area contributed by atoms with E-state index >= 15 is 0 Å². The third kappa shape index (κ3) is 7.14. The van der Waals surface area contributed by atoms with Gasteiger partial charge in [-0.15, -0.1) is 0 Å². The molecule has 0 spiro atoms. The van der Waals surface area contributed by atoms with Crippen LogP contribution in [-0.2, 0) is 16.1 Å². The molecule has 1 aliphatic rings. The van der Waals surface area contributed by atoms with Crippen LogP contribution in [0.3, 0.4) is 0 Å². The second kappa shape index (κ2) is 12.1. The van der Waals surface area contributed by atoms with E-state index in [0.29, 0.717) is 48.4 Å². The maximum Gasteiger partial charge on any atom is 0.491 e. The number of nitrogens with one attached hydrogen (secondary N) is 1. The fourth-order valence-corrected chi connectivity index (χ4v) is 4.37. The number of alkyl halides is 3. The maximum atomic E-state index is 13.4. The first-order valence-electron chi connectivity index (χ1n) is 12.4. The Kier molecular flexibility index (Phi) is 8.41. The lowest BCUT2D eigenvalue weighted by Crippen LogP contribution is -2.28. The van der Waals surface area contributed by atoms with Crippen LogP contribution in [-0.4, -0.2) is 41.4 Å². The molecule has 13 heteroatoms. The van der Waals surface area contributed by atoms with Crippen molar-refractivity contribution >= 4 is 40.0 Å². The van der Waals surface area contributed by atoms with Gasteiger partial charge in [0.05, 0.1) is 29.1 Å². The molecule has 1 saturated heterocycles. The van der Waals surface area contributed by atoms with Crippen LogP contribution in [0.25, 0.3) is 10.9 Å². The van der Waals surface area contributed by atoms with Crippen LogP contribution in [0.5, 0.6) is 17.2 Å². The number of hydrogen-bond acceptors (Lipinski definition) is 8. The zero-order valence-corrected chi connectivity index (χ0v) is 22.0. The predicted octanol–water partition coefficient (Wildman–Crippen LogP) is 6.77. The first kappa shape index (κ1) is 28.4. The molecule has 214 valence electrons. The van der Waals surface area contributed by atoms with Crippen LogP contribution in [0.2, 0.25) is 5.02 Å². The van der Waals surface area contributed by atoms with Crippen LogP contribution in [0.15, 0.2) is 60.9 Å². The van der Waals surface area contributed by atoms with Crippen LogP contribution in [0, 0.1) is 5.82 Å². The molecule has 0 unspecified atom stereocenters. The van der Waals surface area contributed by atoms with Crippen molar-refractivity contribution in [3.63, 3.8) is 0 Å². The molecule has 1 fully saturated rings. The Morgan fingerprint density at radius 2 is 1.85 bits per heavy atom. The van der Waals surface area contributed by atoms with E-state index in [1.807, 2.05) is 0 Å². The quantitative estimate of drug-likeness (QED) is 0.136. The molecular formula is C28H22ClF4N3O5. The number of aromatic nitrogens is 2. The highest BCUT2D eigenvalue weighted by molar-refractivity contribution is 6.32. The van der Waals surface area contributed by atoms with Gasteiger partial charge in [0.2, 0.25) is 0 Å². The second-order valence-electron chi connectivity index (χ2n) is 9.04. The molecule has 2 heterocycles. The molecule has 0 saturated carbocycles. The van der Waals surface area contributed by atoms with Gasteiger partial charge in [-0.3, -0.25) is 0 Å². The highest BCUT2D eigenvalue weighted by Gasteiger charge is 2.41. The van der Waals surface area contributed by atoms with Crippen molar-refractivity contribution in [2.45, 2.75) is 31.7 Å². The van der Waals surface area contributed by atoms with Gasteiger partial charge in [0.1, 0.15) is 47.9 Å². The molecule has 0 bridgehead atoms. The molecular weight excluding hydrogens is 570 g/mol. The van der Waals surface area contributed by atoms with Gasteiger partial charge in [-0.1, -0.05) is 23.7 Å². The number of halogens is 5. The first-order valence-corrected chi connectivity index (χ1v) is 12.8. The number of rotatable bonds is 8. The number of ether oxygens (including phenoxy) is 4. The van der Waals surface area contributed by atoms with E-state index < -0.39 is 12.1 Å². The number of carbonyl (C=O) groups excluding carboxylic acids is 1. The zero-order chi connectivity index (χ0) is 29.0. The smallest absolute Gasteiger partial charge is 0.489 e. The molecule has 1 aliphatic heterocycles. The third-order valence-corrected chi connectivity index (χ3v) is 6.35. The lowest BCUT2D eigenvalue weighted by Gasteiger charge is -2.24. The molecule has 41 heavy (non-hydrogen) atoms. The third-order valence-electron chi connectivity index (χ3n) is 6.06. The van der Waals surface area contributed by atoms with E-state index in [-0.39, 0.29) is 46.4 Å². The van der Waals surface area contributed by atoms with Crippen molar-refractivity contribution < 1.29 is 41.3 Å². The number of esters is 1. The Morgan fingerprint density at radius 1 is 1.05 bits per heavy atom. The van der Waals surface area contributed by atoms with Gasteiger partial charge in [-0.05, 0) is 35.9 Å². The Balaban J connectivity index is 1.43. The molecule has 4 aromatic rings. The summed E-state index contributed by atoms with van der Waals surface area (Å²) in [6.45, 7) is 1.02. The first-order chi connectivity index (χ1) is 19.7. The Bertz CT molecular complexity index is 1560. The molecule has 0 atom stereocenters. The van der Waals surface area contributed by atoms with Gasteiger partial charge in [0, 0.05) is 30.7 Å². The van der Waals surface area contributed by atoms with Crippen molar-refractivity contribution in [2.24, 2.45) is 0 Å². The largest absolute Gasteiger partial charge is 0.491 e. The summed E-state index contributed by atoms with van der Waals surface area (Å²) < 4.78 is 73.8. The number of carbonyl (C=O) groups is 1. The summed E-state index contributed by atoms with van der Waals surface area (Å²) >= 11 is 6.43. The van der Waals surface area contributed by atoms with Crippen molar-refractivity contribution in [1.82, 2.24) is 9.97 Å². The van der Waals surface area contributed by atoms with Gasteiger partial charge in [-0.2, -0.15) is 13.2 Å². The van der Waals surface area contributed by atoms with Crippen molar-refractivity contribution in [2.75, 3.05) is 18.5 Å². The van der Waals surface area contributed by atoms with E-state index in [2.05, 4.69) is 20.0 Å². The fraction of sp³-hybridized carbons (Fsp3) is 0.250. The summed E-state index contributed by atoms with van der Waals surface area (Å²) in [7, 11) is 0. The Hall–Kier alpha value is -4.16. The monoisotopic (exact) mass is 591 g/mol. The summed E-state index contributed by atoms with van der Waals surface area (Å²) in [5.41, 5.74) is 1.32. The Morgan fingerprint density at radius 3 is 2.59 bits per heavy atom. The highest BCUT2D eigenvalue weighted by atomic mass is 35.5. The number of anilines is 2. The molecule has 1 N–H and O–H groups in total. The summed E-state index contributed by atoms with van der Waals surface area (Å²) in [5.74, 6) is -2.35. The average molecular weight is 592 g/mol. The minimum absolute atomic E-state index is 0.106. The lowest BCUT2D eigenvalue weighted by atomic mass is 10.1. The zero-order valence-electron chi connectivity index (χ0n) is 21.2. The molecule has 0 radical (unpaired) electrons. The minimum Gasteiger partial charge on any atom is -0.489 e. The number of nitrogens with zero attached hydrogens (tertiary/aromatic N) is 2. The van der Waals surface area contributed by atoms with E-state index in [4.69, 9.17) is 25.8 Å². The van der Waals surface area contributed by atoms with Gasteiger partial charge >= 0.3 is 12.1 Å². The van der Waals surface area contributed by atoms with Crippen molar-refractivity contribution in [1.29, 1.82) is 0 Å². The summed E-state index contributed by atoms with van der Waals surface area (Å²) in [6.07, 6.45) is -3.16. The van der Waals surface area contributed by atoms with Crippen molar-refractivity contribution in [3.8, 4) is 17.2 Å². The Labute approximate surface area is 236 Å². The van der Waals surface area contributed by atoms with Crippen molar-refractivity contribution in [3.05, 3.63) is 77.3 Å². The molecule has 0 aliphatic carbocycles. The molecule has 5 rings (SSSR count). The van der Waals surface area contributed by atoms with E-state index in [0.717, 1.165) is 0 Å². The van der Waals surface area contributed by atoms with Gasteiger partial charge in [-0.25, -0.2) is 19.2 Å². The van der Waals surface area contributed by atoms with Gasteiger partial charge < -0.3 is 24.3 Å². The van der Waals surface area contributed by atoms with Gasteiger partial charge in [0.25, 0.3) is 0 Å². The minimum atomic E-state index is -5.18. The number of fused-ring (bicyclic) bond motifs is 1. The van der Waals surface area contributed by atoms with Crippen LogP contribution in [0.4, 0.5) is 29.1 Å². The summed E-state index contributed by atoms with van der Waals surface area (Å²) in [4.78, 5) is 19.9. The van der Waals surface area contributed by atoms with Crippen LogP contribution in [0.1, 0.15) is 18.4 Å². The summed E-state index contributed by atoms with van der Waals surface area (Å²) in [5, 5.41) is 3.75. The van der Waals surface area contributed by atoms with E-state index in [1.54, 1.807) is 30.3 Å². The fourth-order valence-electron chi connectivity index (χ4n) is 4.13.